The van der Waals surface area contributed by atoms with Crippen molar-refractivity contribution in [1.82, 2.24) is 58.1 Å². The molecule has 0 spiro atoms. The molecule has 18 N–H and O–H groups in total. The standard InChI is InChI=1S/C77H99N13O15S2/c1-45(2)80-41-52-30-28-51(29-31-52)39-62-76(103)90(5)66(47(4)93)75(102)85-60(38-50-23-13-8-14-24-50)72(99)89-65(46(3)92)74(101)87-63(42-91)73(100)88-64(77(104)105)44-107-106-43-56(79)67(94)81-57(27-17-18-34-78)68(95)82-58(36-48-19-9-6-10-20-48)69(96)83-59(37-49-21-11-7-12-22-49)70(97)84-61(71(98)86-62)40-53-32-33-54-25-15-16-26-55(54)35-53/h6-16,19-26,28-33,35,45-47,56-66,80,91-93H,17-18,27,34,36-44,78-79H2,1-5H3,(H,81,94)(H,82,95)(H,83,96)(H,84,97)(H,85,102)(H,86,98)(H,87,101)(H,88,100)(H,89,99)(H,104,105)/t46-,47-,56+,57+,58+,59+,60+,61-,62+,63+,64+,65+,66+/m1/s1. The molecule has 574 valence electrons. The number of nitrogens with one attached hydrogen (secondary N) is 10. The third-order valence-electron chi connectivity index (χ3n) is 17.9. The molecule has 1 fully saturated rings. The van der Waals surface area contributed by atoms with Crippen LogP contribution in [0.5, 0.6) is 0 Å². The van der Waals surface area contributed by atoms with Crippen LogP contribution in [0, 0.1) is 0 Å². The number of nitrogens with zero attached hydrogens (tertiary/aromatic N) is 1. The zero-order valence-electron chi connectivity index (χ0n) is 60.5. The number of hydrogen-bond acceptors (Lipinski definition) is 19. The minimum atomic E-state index is -1.91. The molecule has 107 heavy (non-hydrogen) atoms. The first-order chi connectivity index (χ1) is 51.2. The van der Waals surface area contributed by atoms with Crippen LogP contribution in [-0.4, -0.2) is 207 Å². The Labute approximate surface area is 630 Å². The monoisotopic (exact) mass is 1510 g/mol. The maximum atomic E-state index is 15.7. The quantitative estimate of drug-likeness (QED) is 0.0349. The van der Waals surface area contributed by atoms with E-state index in [1.807, 2.05) is 62.4 Å². The molecule has 6 aromatic rings. The average Bonchev–Trinajstić information content (AvgIpc) is 0.822. The van der Waals surface area contributed by atoms with Crippen LogP contribution in [0.2, 0.25) is 0 Å². The number of carbonyl (C=O) groups is 11. The second kappa shape index (κ2) is 42.5. The van der Waals surface area contributed by atoms with E-state index < -0.39 is 150 Å². The number of rotatable bonds is 21. The van der Waals surface area contributed by atoms with Crippen molar-refractivity contribution in [3.05, 3.63) is 191 Å². The molecular formula is C77H99N13O15S2. The summed E-state index contributed by atoms with van der Waals surface area (Å²) in [6, 6.07) is 28.4. The van der Waals surface area contributed by atoms with Crippen LogP contribution < -0.4 is 64.6 Å². The molecule has 7 rings (SSSR count). The van der Waals surface area contributed by atoms with E-state index in [1.54, 1.807) is 109 Å². The number of carboxylic acid groups (broad SMARTS) is 1. The van der Waals surface area contributed by atoms with Gasteiger partial charge in [0.05, 0.1) is 24.9 Å². The Bertz CT molecular complexity index is 3960. The first kappa shape index (κ1) is 84.5. The molecule has 0 aliphatic carbocycles. The van der Waals surface area contributed by atoms with Crippen molar-refractivity contribution >= 4 is 97.4 Å². The van der Waals surface area contributed by atoms with Gasteiger partial charge in [0.2, 0.25) is 59.1 Å². The number of amides is 10. The van der Waals surface area contributed by atoms with Gasteiger partial charge in [-0.05, 0) is 83.8 Å². The SMILES string of the molecule is CC(C)NCc1ccc(C[C@@H]2NC(=O)[C@@H](Cc3ccc4ccccc4c3)NC(=O)[C@H](Cc3ccccc3)NC(=O)[C@H](Cc3ccccc3)NC(=O)[C@H](CCCCN)NC(=O)[C@@H](N)CSSC[C@@H](C(=O)O)NC(=O)[C@H](CO)NC(=O)[C@H]([C@@H](C)O)NC(=O)[C@H](Cc3ccccc3)NC(=O)[C@H]([C@@H](C)O)N(C)C2=O)cc1. The largest absolute Gasteiger partial charge is 0.480 e. The highest BCUT2D eigenvalue weighted by Crippen LogP contribution is 2.24. The van der Waals surface area contributed by atoms with E-state index >= 15 is 24.0 Å². The molecule has 0 radical (unpaired) electrons. The number of hydrogen-bond donors (Lipinski definition) is 16. The Morgan fingerprint density at radius 1 is 0.467 bits per heavy atom. The molecule has 1 heterocycles. The summed E-state index contributed by atoms with van der Waals surface area (Å²) in [7, 11) is 3.06. The molecule has 28 nitrogen and oxygen atoms in total. The van der Waals surface area contributed by atoms with Crippen molar-refractivity contribution in [2.75, 3.05) is 31.7 Å². The Morgan fingerprint density at radius 3 is 1.37 bits per heavy atom. The Balaban J connectivity index is 1.33. The highest BCUT2D eigenvalue weighted by Gasteiger charge is 2.41. The molecule has 0 aromatic heterocycles. The fourth-order valence-electron chi connectivity index (χ4n) is 11.9. The molecule has 1 aliphatic heterocycles. The topological polar surface area (TPSA) is 444 Å². The lowest BCUT2D eigenvalue weighted by Gasteiger charge is -2.34. The molecule has 30 heteroatoms. The second-order valence-electron chi connectivity index (χ2n) is 26.8. The van der Waals surface area contributed by atoms with E-state index in [0.717, 1.165) is 49.7 Å². The van der Waals surface area contributed by atoms with Crippen molar-refractivity contribution in [3.63, 3.8) is 0 Å². The third-order valence-corrected chi connectivity index (χ3v) is 20.3. The number of likely N-dealkylation sites (N-methyl/N-ethyl adjacent to an activating group) is 1. The Hall–Kier alpha value is -9.79. The predicted octanol–water partition coefficient (Wildman–Crippen LogP) is 0.731. The van der Waals surface area contributed by atoms with Crippen LogP contribution >= 0.6 is 21.6 Å². The minimum Gasteiger partial charge on any atom is -0.480 e. The summed E-state index contributed by atoms with van der Waals surface area (Å²) < 4.78 is 0. The zero-order valence-corrected chi connectivity index (χ0v) is 62.1. The Morgan fingerprint density at radius 2 is 0.879 bits per heavy atom. The van der Waals surface area contributed by atoms with Gasteiger partial charge in [0.1, 0.15) is 60.4 Å². The van der Waals surface area contributed by atoms with Crippen LogP contribution in [-0.2, 0) is 91.4 Å². The minimum absolute atomic E-state index is 0.0310. The summed E-state index contributed by atoms with van der Waals surface area (Å²) in [4.78, 5) is 162. The fourth-order valence-corrected chi connectivity index (χ4v) is 14.2. The number of fused-ring (bicyclic) bond motifs is 1. The summed E-state index contributed by atoms with van der Waals surface area (Å²) in [6.45, 7) is 5.97. The molecule has 0 saturated carbocycles. The summed E-state index contributed by atoms with van der Waals surface area (Å²) in [5.74, 6) is -11.8. The lowest BCUT2D eigenvalue weighted by molar-refractivity contribution is -0.146. The maximum absolute atomic E-state index is 15.7. The lowest BCUT2D eigenvalue weighted by atomic mass is 9.98. The number of benzene rings is 6. The number of aliphatic hydroxyl groups excluding tert-OH is 3. The van der Waals surface area contributed by atoms with E-state index in [0.29, 0.717) is 47.2 Å². The van der Waals surface area contributed by atoms with Crippen LogP contribution in [0.15, 0.2) is 158 Å². The van der Waals surface area contributed by atoms with Gasteiger partial charge in [-0.1, -0.05) is 193 Å². The van der Waals surface area contributed by atoms with Gasteiger partial charge in [-0.3, -0.25) is 47.9 Å². The molecule has 0 bridgehead atoms. The number of aliphatic hydroxyl groups is 3. The number of carboxylic acids is 1. The summed E-state index contributed by atoms with van der Waals surface area (Å²) in [6.07, 6.45) is -3.62. The van der Waals surface area contributed by atoms with E-state index in [1.165, 1.54) is 14.0 Å². The first-order valence-corrected chi connectivity index (χ1v) is 38.0. The summed E-state index contributed by atoms with van der Waals surface area (Å²) >= 11 is 0. The summed E-state index contributed by atoms with van der Waals surface area (Å²) in [5, 5.41) is 72.0. The van der Waals surface area contributed by atoms with Gasteiger partial charge in [0.15, 0.2) is 0 Å². The maximum Gasteiger partial charge on any atom is 0.327 e. The molecular weight excluding hydrogens is 1410 g/mol. The van der Waals surface area contributed by atoms with Gasteiger partial charge in [-0.15, -0.1) is 0 Å². The van der Waals surface area contributed by atoms with Crippen molar-refractivity contribution < 1.29 is 73.2 Å². The van der Waals surface area contributed by atoms with E-state index in [-0.39, 0.29) is 62.6 Å². The molecule has 10 amide bonds. The zero-order chi connectivity index (χ0) is 77.7. The van der Waals surface area contributed by atoms with Crippen molar-refractivity contribution in [2.45, 2.75) is 170 Å². The van der Waals surface area contributed by atoms with Gasteiger partial charge < -0.3 is 90.0 Å². The second-order valence-corrected chi connectivity index (χ2v) is 29.4. The number of aliphatic carboxylic acids is 1. The molecule has 1 saturated heterocycles. The van der Waals surface area contributed by atoms with E-state index in [9.17, 15) is 49.2 Å². The molecule has 0 unspecified atom stereocenters. The van der Waals surface area contributed by atoms with Gasteiger partial charge in [0.25, 0.3) is 0 Å². The smallest absolute Gasteiger partial charge is 0.327 e. The van der Waals surface area contributed by atoms with Crippen LogP contribution in [0.25, 0.3) is 10.8 Å². The number of carbonyl (C=O) groups excluding carboxylic acids is 10. The highest BCUT2D eigenvalue weighted by molar-refractivity contribution is 8.76. The van der Waals surface area contributed by atoms with E-state index in [2.05, 4.69) is 53.2 Å². The molecule has 13 atom stereocenters. The van der Waals surface area contributed by atoms with Gasteiger partial charge in [0, 0.05) is 63.2 Å². The predicted molar refractivity (Wildman–Crippen MR) is 408 cm³/mol. The van der Waals surface area contributed by atoms with Crippen LogP contribution in [0.4, 0.5) is 0 Å². The number of unbranched alkanes of at least 4 members (excludes halogenated alkanes) is 1. The Kier molecular flexibility index (Phi) is 33.6. The van der Waals surface area contributed by atoms with Crippen molar-refractivity contribution in [2.24, 2.45) is 11.5 Å². The first-order valence-electron chi connectivity index (χ1n) is 35.5. The van der Waals surface area contributed by atoms with E-state index in [4.69, 9.17) is 11.5 Å². The van der Waals surface area contributed by atoms with Gasteiger partial charge >= 0.3 is 5.97 Å². The summed E-state index contributed by atoms with van der Waals surface area (Å²) in [5.41, 5.74) is 15.9. The third kappa shape index (κ3) is 26.6. The van der Waals surface area contributed by atoms with Crippen molar-refractivity contribution in [3.8, 4) is 0 Å². The van der Waals surface area contributed by atoms with Gasteiger partial charge in [-0.2, -0.15) is 0 Å². The van der Waals surface area contributed by atoms with Crippen LogP contribution in [0.3, 0.4) is 0 Å². The molecule has 1 aliphatic rings. The fraction of sp³-hybridized carbons (Fsp3) is 0.416. The van der Waals surface area contributed by atoms with Crippen LogP contribution in [0.1, 0.15) is 80.3 Å². The number of nitrogens with two attached hydrogens (primary N) is 2. The van der Waals surface area contributed by atoms with Crippen molar-refractivity contribution in [1.29, 1.82) is 0 Å². The molecule has 6 aromatic carbocycles. The highest BCUT2D eigenvalue weighted by atomic mass is 33.1. The van der Waals surface area contributed by atoms with Gasteiger partial charge in [-0.25, -0.2) is 4.79 Å². The average molecular weight is 1510 g/mol. The lowest BCUT2D eigenvalue weighted by Crippen LogP contribution is -2.63. The normalized spacial score (nSPS) is 23.6.